The molecule has 5 heteroatoms. The van der Waals surface area contributed by atoms with Crippen molar-refractivity contribution in [2.45, 2.75) is 20.8 Å². The predicted molar refractivity (Wildman–Crippen MR) is 89.8 cm³/mol. The second-order valence-corrected chi connectivity index (χ2v) is 7.58. The molecule has 0 spiro atoms. The van der Waals surface area contributed by atoms with E-state index >= 15 is 0 Å². The average molecular weight is 368 g/mol. The number of benzene rings is 1. The second-order valence-electron chi connectivity index (χ2n) is 4.86. The first-order chi connectivity index (χ1) is 9.49. The Labute approximate surface area is 134 Å². The lowest BCUT2D eigenvalue weighted by atomic mass is 10.0. The summed E-state index contributed by atoms with van der Waals surface area (Å²) in [7, 11) is 0. The lowest BCUT2D eigenvalue weighted by Gasteiger charge is -2.10. The third-order valence-electron chi connectivity index (χ3n) is 3.39. The van der Waals surface area contributed by atoms with Crippen LogP contribution in [0.2, 0.25) is 5.15 Å². The van der Waals surface area contributed by atoms with E-state index in [4.69, 9.17) is 11.6 Å². The van der Waals surface area contributed by atoms with Crippen molar-refractivity contribution >= 4 is 49.6 Å². The quantitative estimate of drug-likeness (QED) is 0.551. The van der Waals surface area contributed by atoms with Crippen LogP contribution < -0.4 is 0 Å². The first-order valence-corrected chi connectivity index (χ1v) is 8.16. The molecule has 102 valence electrons. The topological polar surface area (TPSA) is 25.8 Å². The van der Waals surface area contributed by atoms with Crippen LogP contribution in [0, 0.1) is 20.8 Å². The maximum Gasteiger partial charge on any atom is 0.159 e. The monoisotopic (exact) mass is 366 g/mol. The van der Waals surface area contributed by atoms with Gasteiger partial charge in [-0.2, -0.15) is 0 Å². The first-order valence-electron chi connectivity index (χ1n) is 6.17. The van der Waals surface area contributed by atoms with Gasteiger partial charge in [-0.05, 0) is 59.5 Å². The normalized spacial score (nSPS) is 11.2. The molecule has 0 bridgehead atoms. The van der Waals surface area contributed by atoms with Gasteiger partial charge in [0.15, 0.2) is 5.15 Å². The van der Waals surface area contributed by atoms with Crippen molar-refractivity contribution in [1.29, 1.82) is 0 Å². The van der Waals surface area contributed by atoms with Crippen molar-refractivity contribution in [1.82, 2.24) is 10.2 Å². The van der Waals surface area contributed by atoms with Crippen LogP contribution >= 0.6 is 38.9 Å². The van der Waals surface area contributed by atoms with Crippen molar-refractivity contribution in [3.8, 4) is 10.6 Å². The number of rotatable bonds is 1. The summed E-state index contributed by atoms with van der Waals surface area (Å²) in [5.74, 6) is 0. The molecule has 0 amide bonds. The molecule has 0 saturated carbocycles. The molecule has 0 N–H and O–H groups in total. The van der Waals surface area contributed by atoms with E-state index in [1.165, 1.54) is 11.1 Å². The standard InChI is InChI=1S/C15H12BrClN2S/c1-7-4-5-8(2)12-11(7)13(18-19-15(12)17)10-6-9(3)14(16)20-10/h4-6H,1-3H3. The van der Waals surface area contributed by atoms with E-state index in [9.17, 15) is 0 Å². The summed E-state index contributed by atoms with van der Waals surface area (Å²) < 4.78 is 1.13. The van der Waals surface area contributed by atoms with Gasteiger partial charge in [-0.15, -0.1) is 21.5 Å². The summed E-state index contributed by atoms with van der Waals surface area (Å²) in [4.78, 5) is 1.11. The molecule has 0 saturated heterocycles. The van der Waals surface area contributed by atoms with Gasteiger partial charge in [-0.1, -0.05) is 23.7 Å². The summed E-state index contributed by atoms with van der Waals surface area (Å²) >= 11 is 11.5. The van der Waals surface area contributed by atoms with Crippen molar-refractivity contribution < 1.29 is 0 Å². The molecule has 0 aliphatic heterocycles. The van der Waals surface area contributed by atoms with Crippen molar-refractivity contribution in [3.05, 3.63) is 43.8 Å². The smallest absolute Gasteiger partial charge is 0.147 e. The van der Waals surface area contributed by atoms with E-state index in [1.54, 1.807) is 11.3 Å². The molecule has 2 heterocycles. The van der Waals surface area contributed by atoms with E-state index in [1.807, 2.05) is 0 Å². The highest BCUT2D eigenvalue weighted by molar-refractivity contribution is 9.11. The Balaban J connectivity index is 2.43. The maximum absolute atomic E-state index is 6.25. The van der Waals surface area contributed by atoms with Crippen molar-refractivity contribution in [2.24, 2.45) is 0 Å². The molecule has 1 aromatic carbocycles. The molecule has 3 rings (SSSR count). The van der Waals surface area contributed by atoms with Crippen molar-refractivity contribution in [3.63, 3.8) is 0 Å². The van der Waals surface area contributed by atoms with Gasteiger partial charge in [0.05, 0.1) is 8.66 Å². The minimum atomic E-state index is 0.470. The fraction of sp³-hybridized carbons (Fsp3) is 0.200. The zero-order valence-electron chi connectivity index (χ0n) is 11.3. The van der Waals surface area contributed by atoms with Gasteiger partial charge in [0, 0.05) is 10.8 Å². The molecule has 0 fully saturated rings. The molecule has 20 heavy (non-hydrogen) atoms. The Morgan fingerprint density at radius 1 is 1.00 bits per heavy atom. The minimum Gasteiger partial charge on any atom is -0.147 e. The van der Waals surface area contributed by atoms with Crippen LogP contribution in [0.25, 0.3) is 21.3 Å². The largest absolute Gasteiger partial charge is 0.159 e. The number of aryl methyl sites for hydroxylation is 3. The Morgan fingerprint density at radius 2 is 1.65 bits per heavy atom. The minimum absolute atomic E-state index is 0.470. The molecule has 0 unspecified atom stereocenters. The number of aromatic nitrogens is 2. The molecule has 0 aliphatic carbocycles. The van der Waals surface area contributed by atoms with Gasteiger partial charge in [-0.3, -0.25) is 0 Å². The Hall–Kier alpha value is -0.970. The maximum atomic E-state index is 6.25. The molecular weight excluding hydrogens is 356 g/mol. The van der Waals surface area contributed by atoms with E-state index in [0.717, 1.165) is 30.7 Å². The van der Waals surface area contributed by atoms with Gasteiger partial charge in [0.2, 0.25) is 0 Å². The number of hydrogen-bond acceptors (Lipinski definition) is 3. The van der Waals surface area contributed by atoms with Gasteiger partial charge in [0.1, 0.15) is 5.69 Å². The second kappa shape index (κ2) is 5.10. The zero-order valence-corrected chi connectivity index (χ0v) is 14.4. The highest BCUT2D eigenvalue weighted by Gasteiger charge is 2.16. The molecule has 2 aromatic heterocycles. The molecular formula is C15H12BrClN2S. The highest BCUT2D eigenvalue weighted by atomic mass is 79.9. The SMILES string of the molecule is Cc1cc(-c2nnc(Cl)c3c(C)ccc(C)c23)sc1Br. The predicted octanol–water partition coefficient (Wildman–Crippen LogP) is 5.70. The van der Waals surface area contributed by atoms with Crippen LogP contribution in [-0.2, 0) is 0 Å². The highest BCUT2D eigenvalue weighted by Crippen LogP contribution is 2.39. The first kappa shape index (κ1) is 14.0. The van der Waals surface area contributed by atoms with Crippen LogP contribution in [0.3, 0.4) is 0 Å². The van der Waals surface area contributed by atoms with Crippen LogP contribution in [0.4, 0.5) is 0 Å². The van der Waals surface area contributed by atoms with Gasteiger partial charge in [-0.25, -0.2) is 0 Å². The fourth-order valence-electron chi connectivity index (χ4n) is 2.32. The summed E-state index contributed by atoms with van der Waals surface area (Å²) in [5.41, 5.74) is 4.41. The lowest BCUT2D eigenvalue weighted by Crippen LogP contribution is -1.94. The Morgan fingerprint density at radius 3 is 2.25 bits per heavy atom. The lowest BCUT2D eigenvalue weighted by molar-refractivity contribution is 1.06. The third-order valence-corrected chi connectivity index (χ3v) is 5.80. The molecule has 2 nitrogen and oxygen atoms in total. The third kappa shape index (κ3) is 2.16. The fourth-order valence-corrected chi connectivity index (χ4v) is 4.13. The van der Waals surface area contributed by atoms with Crippen LogP contribution in [0.15, 0.2) is 22.0 Å². The summed E-state index contributed by atoms with van der Waals surface area (Å²) in [5, 5.41) is 11.0. The number of hydrogen-bond donors (Lipinski definition) is 0. The van der Waals surface area contributed by atoms with E-state index in [0.29, 0.717) is 5.15 Å². The van der Waals surface area contributed by atoms with E-state index in [-0.39, 0.29) is 0 Å². The van der Waals surface area contributed by atoms with Crippen LogP contribution in [0.1, 0.15) is 16.7 Å². The van der Waals surface area contributed by atoms with Crippen LogP contribution in [-0.4, -0.2) is 10.2 Å². The summed E-state index contributed by atoms with van der Waals surface area (Å²) in [6.07, 6.45) is 0. The number of fused-ring (bicyclic) bond motifs is 1. The molecule has 0 radical (unpaired) electrons. The van der Waals surface area contributed by atoms with Crippen molar-refractivity contribution in [2.75, 3.05) is 0 Å². The van der Waals surface area contributed by atoms with Gasteiger partial charge >= 0.3 is 0 Å². The van der Waals surface area contributed by atoms with Gasteiger partial charge in [0.25, 0.3) is 0 Å². The number of halogens is 2. The zero-order chi connectivity index (χ0) is 14.4. The average Bonchev–Trinajstić information content (AvgIpc) is 2.74. The summed E-state index contributed by atoms with van der Waals surface area (Å²) in [6.45, 7) is 6.21. The Kier molecular flexibility index (Phi) is 3.56. The van der Waals surface area contributed by atoms with E-state index < -0.39 is 0 Å². The Bertz CT molecular complexity index is 799. The number of thiophene rings is 1. The van der Waals surface area contributed by atoms with E-state index in [2.05, 4.69) is 65.1 Å². The summed E-state index contributed by atoms with van der Waals surface area (Å²) in [6, 6.07) is 6.31. The molecule has 0 atom stereocenters. The molecule has 0 aliphatic rings. The van der Waals surface area contributed by atoms with Gasteiger partial charge < -0.3 is 0 Å². The van der Waals surface area contributed by atoms with Crippen LogP contribution in [0.5, 0.6) is 0 Å². The number of nitrogens with zero attached hydrogens (tertiary/aromatic N) is 2. The molecule has 3 aromatic rings.